The van der Waals surface area contributed by atoms with Crippen molar-refractivity contribution in [2.75, 3.05) is 10.2 Å². The summed E-state index contributed by atoms with van der Waals surface area (Å²) in [4.78, 5) is 41.9. The van der Waals surface area contributed by atoms with Crippen LogP contribution in [0.5, 0.6) is 0 Å². The van der Waals surface area contributed by atoms with E-state index in [0.717, 1.165) is 11.3 Å². The SMILES string of the molecule is CC1(C)CC(=O)C2=C(C1)Nc1cc(C(=O)c3ccccc3)ccc1N1C(=O)c3ccccc3[C@@H]21. The van der Waals surface area contributed by atoms with E-state index in [9.17, 15) is 14.4 Å². The van der Waals surface area contributed by atoms with E-state index in [4.69, 9.17) is 0 Å². The van der Waals surface area contributed by atoms with Gasteiger partial charge in [0.25, 0.3) is 5.91 Å². The van der Waals surface area contributed by atoms with Crippen molar-refractivity contribution in [3.05, 3.63) is 106 Å². The molecule has 2 aliphatic heterocycles. The number of nitrogens with zero attached hydrogens (tertiary/aromatic N) is 1. The second-order valence-corrected chi connectivity index (χ2v) is 10.1. The van der Waals surface area contributed by atoms with Crippen LogP contribution < -0.4 is 10.2 Å². The van der Waals surface area contributed by atoms with E-state index in [1.54, 1.807) is 29.2 Å². The minimum absolute atomic E-state index is 0.0617. The first-order valence-electron chi connectivity index (χ1n) is 11.5. The quantitative estimate of drug-likeness (QED) is 0.512. The third-order valence-electron chi connectivity index (χ3n) is 7.00. The summed E-state index contributed by atoms with van der Waals surface area (Å²) >= 11 is 0. The number of nitrogens with one attached hydrogen (secondary N) is 1. The Kier molecular flexibility index (Phi) is 4.40. The Morgan fingerprint density at radius 1 is 0.912 bits per heavy atom. The van der Waals surface area contributed by atoms with E-state index in [2.05, 4.69) is 19.2 Å². The summed E-state index contributed by atoms with van der Waals surface area (Å²) in [6.45, 7) is 4.17. The number of benzene rings is 3. The van der Waals surface area contributed by atoms with Crippen molar-refractivity contribution in [2.24, 2.45) is 5.41 Å². The van der Waals surface area contributed by atoms with Crippen LogP contribution in [0.2, 0.25) is 0 Å². The Morgan fingerprint density at radius 3 is 2.44 bits per heavy atom. The molecule has 2 heterocycles. The van der Waals surface area contributed by atoms with Gasteiger partial charge >= 0.3 is 0 Å². The highest BCUT2D eigenvalue weighted by atomic mass is 16.2. The highest BCUT2D eigenvalue weighted by Crippen LogP contribution is 2.51. The van der Waals surface area contributed by atoms with Crippen LogP contribution in [0.4, 0.5) is 11.4 Å². The molecule has 1 N–H and O–H groups in total. The van der Waals surface area contributed by atoms with Crippen LogP contribution in [0.25, 0.3) is 0 Å². The van der Waals surface area contributed by atoms with E-state index >= 15 is 0 Å². The average molecular weight is 449 g/mol. The summed E-state index contributed by atoms with van der Waals surface area (Å²) in [5.74, 6) is -0.153. The third-order valence-corrected chi connectivity index (χ3v) is 7.00. The monoisotopic (exact) mass is 448 g/mol. The number of carbonyl (C=O) groups excluding carboxylic acids is 3. The van der Waals surface area contributed by atoms with Crippen molar-refractivity contribution in [1.82, 2.24) is 0 Å². The predicted molar refractivity (Wildman–Crippen MR) is 131 cm³/mol. The van der Waals surface area contributed by atoms with Gasteiger partial charge in [-0.1, -0.05) is 62.4 Å². The van der Waals surface area contributed by atoms with Crippen LogP contribution in [-0.4, -0.2) is 17.5 Å². The summed E-state index contributed by atoms with van der Waals surface area (Å²) in [6.07, 6.45) is 1.12. The number of ketones is 2. The molecule has 1 amide bonds. The molecule has 0 saturated heterocycles. The fourth-order valence-electron chi connectivity index (χ4n) is 5.52. The van der Waals surface area contributed by atoms with Gasteiger partial charge in [0.2, 0.25) is 0 Å². The molecule has 0 unspecified atom stereocenters. The van der Waals surface area contributed by atoms with Crippen molar-refractivity contribution in [1.29, 1.82) is 0 Å². The summed E-state index contributed by atoms with van der Waals surface area (Å²) in [5, 5.41) is 3.49. The minimum Gasteiger partial charge on any atom is -0.357 e. The van der Waals surface area contributed by atoms with Crippen LogP contribution >= 0.6 is 0 Å². The second kappa shape index (κ2) is 7.26. The first-order chi connectivity index (χ1) is 16.3. The normalized spacial score (nSPS) is 20.1. The lowest BCUT2D eigenvalue weighted by Gasteiger charge is -2.34. The number of rotatable bonds is 2. The van der Waals surface area contributed by atoms with Crippen molar-refractivity contribution in [2.45, 2.75) is 32.7 Å². The van der Waals surface area contributed by atoms with Crippen LogP contribution in [0, 0.1) is 5.41 Å². The zero-order chi connectivity index (χ0) is 23.6. The molecular weight excluding hydrogens is 424 g/mol. The van der Waals surface area contributed by atoms with Gasteiger partial charge in [-0.25, -0.2) is 0 Å². The van der Waals surface area contributed by atoms with E-state index in [1.807, 2.05) is 48.5 Å². The van der Waals surface area contributed by atoms with E-state index in [0.29, 0.717) is 46.5 Å². The fraction of sp³-hybridized carbons (Fsp3) is 0.207. The topological polar surface area (TPSA) is 66.5 Å². The molecule has 0 bridgehead atoms. The van der Waals surface area contributed by atoms with Crippen molar-refractivity contribution in [3.8, 4) is 0 Å². The Hall–Kier alpha value is -3.99. The Bertz CT molecular complexity index is 1420. The summed E-state index contributed by atoms with van der Waals surface area (Å²) in [5.41, 5.74) is 5.25. The molecule has 5 heteroatoms. The highest BCUT2D eigenvalue weighted by molar-refractivity contribution is 6.17. The van der Waals surface area contributed by atoms with E-state index in [-0.39, 0.29) is 22.9 Å². The number of hydrogen-bond donors (Lipinski definition) is 1. The van der Waals surface area contributed by atoms with Crippen LogP contribution in [0.1, 0.15) is 64.6 Å². The highest BCUT2D eigenvalue weighted by Gasteiger charge is 2.47. The Balaban J connectivity index is 1.55. The van der Waals surface area contributed by atoms with Crippen LogP contribution in [-0.2, 0) is 4.79 Å². The number of amides is 1. The molecule has 3 aromatic rings. The molecule has 1 atom stereocenters. The molecule has 1 aliphatic carbocycles. The molecule has 0 fully saturated rings. The zero-order valence-electron chi connectivity index (χ0n) is 19.1. The Labute approximate surface area is 198 Å². The molecule has 0 radical (unpaired) electrons. The van der Waals surface area contributed by atoms with Crippen molar-refractivity contribution >= 4 is 28.8 Å². The number of Topliss-reactive ketones (excluding diaryl/α,β-unsaturated/α-hetero) is 1. The summed E-state index contributed by atoms with van der Waals surface area (Å²) < 4.78 is 0. The number of carbonyl (C=O) groups is 3. The minimum atomic E-state index is -0.466. The van der Waals surface area contributed by atoms with Crippen LogP contribution in [0.15, 0.2) is 84.1 Å². The zero-order valence-corrected chi connectivity index (χ0v) is 19.1. The number of anilines is 2. The predicted octanol–water partition coefficient (Wildman–Crippen LogP) is 5.69. The smallest absolute Gasteiger partial charge is 0.259 e. The van der Waals surface area contributed by atoms with Crippen molar-refractivity contribution in [3.63, 3.8) is 0 Å². The molecule has 3 aromatic carbocycles. The van der Waals surface area contributed by atoms with Gasteiger partial charge in [-0.3, -0.25) is 19.3 Å². The molecule has 3 aliphatic rings. The third kappa shape index (κ3) is 3.04. The lowest BCUT2D eigenvalue weighted by Crippen LogP contribution is -2.34. The lowest BCUT2D eigenvalue weighted by atomic mass is 9.73. The molecular formula is C29H24N2O3. The molecule has 5 nitrogen and oxygen atoms in total. The Morgan fingerprint density at radius 2 is 1.65 bits per heavy atom. The molecule has 168 valence electrons. The molecule has 0 spiro atoms. The van der Waals surface area contributed by atoms with Gasteiger partial charge in [-0.2, -0.15) is 0 Å². The van der Waals surface area contributed by atoms with Gasteiger partial charge in [-0.15, -0.1) is 0 Å². The average Bonchev–Trinajstić information content (AvgIpc) is 3.01. The summed E-state index contributed by atoms with van der Waals surface area (Å²) in [6, 6.07) is 21.6. The van der Waals surface area contributed by atoms with E-state index in [1.165, 1.54) is 0 Å². The van der Waals surface area contributed by atoms with Gasteiger partial charge < -0.3 is 5.32 Å². The standard InChI is InChI=1S/C29H24N2O3/c1-29(2)15-22-25(24(32)16-29)26-19-10-6-7-11-20(19)28(34)31(26)23-13-12-18(14-21(23)30-22)27(33)17-8-4-3-5-9-17/h3-14,26,30H,15-16H2,1-2H3/t26-/m0/s1. The van der Waals surface area contributed by atoms with Crippen molar-refractivity contribution < 1.29 is 14.4 Å². The maximum Gasteiger partial charge on any atom is 0.259 e. The molecule has 34 heavy (non-hydrogen) atoms. The van der Waals surface area contributed by atoms with Gasteiger partial charge in [0.05, 0.1) is 17.4 Å². The molecule has 0 aromatic heterocycles. The van der Waals surface area contributed by atoms with Gasteiger partial charge in [0.15, 0.2) is 11.6 Å². The van der Waals surface area contributed by atoms with Gasteiger partial charge in [0.1, 0.15) is 0 Å². The van der Waals surface area contributed by atoms with Gasteiger partial charge in [0, 0.05) is 34.4 Å². The maximum atomic E-state index is 13.6. The maximum absolute atomic E-state index is 13.6. The number of hydrogen-bond acceptors (Lipinski definition) is 4. The largest absolute Gasteiger partial charge is 0.357 e. The molecule has 0 saturated carbocycles. The van der Waals surface area contributed by atoms with Gasteiger partial charge in [-0.05, 0) is 41.7 Å². The lowest BCUT2D eigenvalue weighted by molar-refractivity contribution is -0.118. The fourth-order valence-corrected chi connectivity index (χ4v) is 5.52. The summed E-state index contributed by atoms with van der Waals surface area (Å²) in [7, 11) is 0. The van der Waals surface area contributed by atoms with E-state index < -0.39 is 6.04 Å². The second-order valence-electron chi connectivity index (χ2n) is 10.1. The first-order valence-corrected chi connectivity index (χ1v) is 11.5. The molecule has 6 rings (SSSR count). The number of allylic oxidation sites excluding steroid dienone is 1. The number of fused-ring (bicyclic) bond motifs is 6. The van der Waals surface area contributed by atoms with Crippen LogP contribution in [0.3, 0.4) is 0 Å². The first kappa shape index (κ1) is 20.6.